The molecule has 0 aromatic rings. The van der Waals surface area contributed by atoms with Gasteiger partial charge in [-0.1, -0.05) is 13.8 Å². The van der Waals surface area contributed by atoms with Crippen LogP contribution in [0.2, 0.25) is 0 Å². The summed E-state index contributed by atoms with van der Waals surface area (Å²) < 4.78 is 5.23. The first-order chi connectivity index (χ1) is 7.20. The first-order valence-electron chi connectivity index (χ1n) is 5.69. The highest BCUT2D eigenvalue weighted by Gasteiger charge is 2.04. The molecule has 0 saturated heterocycles. The SMILES string of the molecule is CCCOCCC(=O)NCC(C)CNC. The van der Waals surface area contributed by atoms with Crippen LogP contribution in [0.15, 0.2) is 0 Å². The highest BCUT2D eigenvalue weighted by Crippen LogP contribution is 1.90. The molecule has 0 fully saturated rings. The standard InChI is InChI=1S/C11H24N2O2/c1-4-6-15-7-5-11(14)13-9-10(2)8-12-3/h10,12H,4-9H2,1-3H3,(H,13,14). The van der Waals surface area contributed by atoms with Gasteiger partial charge in [-0.25, -0.2) is 0 Å². The summed E-state index contributed by atoms with van der Waals surface area (Å²) in [6.07, 6.45) is 1.47. The van der Waals surface area contributed by atoms with E-state index in [0.29, 0.717) is 18.9 Å². The fraction of sp³-hybridized carbons (Fsp3) is 0.909. The lowest BCUT2D eigenvalue weighted by Gasteiger charge is -2.11. The van der Waals surface area contributed by atoms with Crippen molar-refractivity contribution in [2.45, 2.75) is 26.7 Å². The van der Waals surface area contributed by atoms with Gasteiger partial charge in [0, 0.05) is 19.6 Å². The van der Waals surface area contributed by atoms with Crippen molar-refractivity contribution in [1.29, 1.82) is 0 Å². The largest absolute Gasteiger partial charge is 0.381 e. The van der Waals surface area contributed by atoms with Crippen molar-refractivity contribution in [2.75, 3.05) is 33.4 Å². The number of carbonyl (C=O) groups is 1. The fourth-order valence-electron chi connectivity index (χ4n) is 1.21. The molecule has 0 spiro atoms. The van der Waals surface area contributed by atoms with Gasteiger partial charge in [0.05, 0.1) is 6.61 Å². The van der Waals surface area contributed by atoms with Gasteiger partial charge in [-0.15, -0.1) is 0 Å². The van der Waals surface area contributed by atoms with Crippen molar-refractivity contribution in [3.8, 4) is 0 Å². The Balaban J connectivity index is 3.32. The number of hydrogen-bond acceptors (Lipinski definition) is 3. The first kappa shape index (κ1) is 14.4. The molecule has 1 unspecified atom stereocenters. The maximum atomic E-state index is 11.3. The third-order valence-electron chi connectivity index (χ3n) is 2.02. The quantitative estimate of drug-likeness (QED) is 0.560. The molecule has 4 heteroatoms. The van der Waals surface area contributed by atoms with Crippen LogP contribution < -0.4 is 10.6 Å². The van der Waals surface area contributed by atoms with Crippen LogP contribution in [0.25, 0.3) is 0 Å². The third-order valence-corrected chi connectivity index (χ3v) is 2.02. The van der Waals surface area contributed by atoms with Crippen LogP contribution in [0, 0.1) is 5.92 Å². The highest BCUT2D eigenvalue weighted by molar-refractivity contribution is 5.75. The van der Waals surface area contributed by atoms with Gasteiger partial charge in [-0.05, 0) is 25.9 Å². The molecule has 0 heterocycles. The number of carbonyl (C=O) groups excluding carboxylic acids is 1. The summed E-state index contributed by atoms with van der Waals surface area (Å²) >= 11 is 0. The molecule has 0 radical (unpaired) electrons. The van der Waals surface area contributed by atoms with Crippen molar-refractivity contribution in [3.05, 3.63) is 0 Å². The lowest BCUT2D eigenvalue weighted by atomic mass is 10.2. The van der Waals surface area contributed by atoms with E-state index in [1.165, 1.54) is 0 Å². The Kier molecular flexibility index (Phi) is 9.52. The van der Waals surface area contributed by atoms with Crippen LogP contribution in [0.4, 0.5) is 0 Å². The molecule has 0 aliphatic heterocycles. The van der Waals surface area contributed by atoms with Gasteiger partial charge in [0.2, 0.25) is 5.91 Å². The van der Waals surface area contributed by atoms with E-state index in [-0.39, 0.29) is 5.91 Å². The highest BCUT2D eigenvalue weighted by atomic mass is 16.5. The average Bonchev–Trinajstić information content (AvgIpc) is 2.22. The maximum Gasteiger partial charge on any atom is 0.222 e. The van der Waals surface area contributed by atoms with Gasteiger partial charge >= 0.3 is 0 Å². The summed E-state index contributed by atoms with van der Waals surface area (Å²) in [4.78, 5) is 11.3. The topological polar surface area (TPSA) is 50.4 Å². The zero-order valence-corrected chi connectivity index (χ0v) is 10.1. The lowest BCUT2D eigenvalue weighted by Crippen LogP contribution is -2.32. The second-order valence-corrected chi connectivity index (χ2v) is 3.83. The first-order valence-corrected chi connectivity index (χ1v) is 5.69. The summed E-state index contributed by atoms with van der Waals surface area (Å²) in [5.41, 5.74) is 0. The zero-order chi connectivity index (χ0) is 11.5. The molecule has 0 rings (SSSR count). The summed E-state index contributed by atoms with van der Waals surface area (Å²) in [6.45, 7) is 7.08. The normalized spacial score (nSPS) is 12.5. The van der Waals surface area contributed by atoms with Crippen LogP contribution in [-0.4, -0.2) is 39.3 Å². The number of nitrogens with one attached hydrogen (secondary N) is 2. The van der Waals surface area contributed by atoms with Crippen molar-refractivity contribution < 1.29 is 9.53 Å². The van der Waals surface area contributed by atoms with Crippen LogP contribution in [0.1, 0.15) is 26.7 Å². The monoisotopic (exact) mass is 216 g/mol. The van der Waals surface area contributed by atoms with E-state index in [1.807, 2.05) is 7.05 Å². The van der Waals surface area contributed by atoms with Crippen molar-refractivity contribution in [1.82, 2.24) is 10.6 Å². The molecule has 90 valence electrons. The third kappa shape index (κ3) is 9.69. The summed E-state index contributed by atoms with van der Waals surface area (Å²) in [5, 5.41) is 5.96. The second-order valence-electron chi connectivity index (χ2n) is 3.83. The second kappa shape index (κ2) is 9.93. The number of hydrogen-bond donors (Lipinski definition) is 2. The van der Waals surface area contributed by atoms with Crippen LogP contribution in [0.3, 0.4) is 0 Å². The Labute approximate surface area is 92.8 Å². The summed E-state index contributed by atoms with van der Waals surface area (Å²) in [5.74, 6) is 0.546. The van der Waals surface area contributed by atoms with Crippen LogP contribution >= 0.6 is 0 Å². The molecule has 2 N–H and O–H groups in total. The zero-order valence-electron chi connectivity index (χ0n) is 10.1. The number of rotatable bonds is 9. The van der Waals surface area contributed by atoms with E-state index in [2.05, 4.69) is 24.5 Å². The molecular formula is C11H24N2O2. The Morgan fingerprint density at radius 1 is 1.33 bits per heavy atom. The smallest absolute Gasteiger partial charge is 0.222 e. The van der Waals surface area contributed by atoms with E-state index in [0.717, 1.165) is 26.1 Å². The van der Waals surface area contributed by atoms with Crippen molar-refractivity contribution >= 4 is 5.91 Å². The fourth-order valence-corrected chi connectivity index (χ4v) is 1.21. The molecule has 4 nitrogen and oxygen atoms in total. The van der Waals surface area contributed by atoms with E-state index in [9.17, 15) is 4.79 Å². The summed E-state index contributed by atoms with van der Waals surface area (Å²) in [7, 11) is 1.91. The van der Waals surface area contributed by atoms with E-state index in [4.69, 9.17) is 4.74 Å². The van der Waals surface area contributed by atoms with Gasteiger partial charge in [0.1, 0.15) is 0 Å². The number of ether oxygens (including phenoxy) is 1. The number of amides is 1. The van der Waals surface area contributed by atoms with Crippen LogP contribution in [0.5, 0.6) is 0 Å². The van der Waals surface area contributed by atoms with Crippen molar-refractivity contribution in [2.24, 2.45) is 5.92 Å². The van der Waals surface area contributed by atoms with Gasteiger partial charge in [0.15, 0.2) is 0 Å². The minimum atomic E-state index is 0.0778. The van der Waals surface area contributed by atoms with E-state index >= 15 is 0 Å². The molecule has 0 bridgehead atoms. The lowest BCUT2D eigenvalue weighted by molar-refractivity contribution is -0.122. The van der Waals surface area contributed by atoms with Crippen LogP contribution in [-0.2, 0) is 9.53 Å². The molecule has 0 saturated carbocycles. The summed E-state index contributed by atoms with van der Waals surface area (Å²) in [6, 6.07) is 0. The van der Waals surface area contributed by atoms with Gasteiger partial charge in [0.25, 0.3) is 0 Å². The molecule has 1 amide bonds. The Hall–Kier alpha value is -0.610. The average molecular weight is 216 g/mol. The minimum absolute atomic E-state index is 0.0778. The van der Waals surface area contributed by atoms with Crippen molar-refractivity contribution in [3.63, 3.8) is 0 Å². The van der Waals surface area contributed by atoms with Gasteiger partial charge < -0.3 is 15.4 Å². The molecule has 0 aromatic heterocycles. The predicted molar refractivity (Wildman–Crippen MR) is 61.8 cm³/mol. The van der Waals surface area contributed by atoms with E-state index in [1.54, 1.807) is 0 Å². The molecule has 1 atom stereocenters. The molecular weight excluding hydrogens is 192 g/mol. The van der Waals surface area contributed by atoms with Gasteiger partial charge in [-0.2, -0.15) is 0 Å². The Bertz CT molecular complexity index is 163. The minimum Gasteiger partial charge on any atom is -0.381 e. The molecule has 0 aliphatic rings. The van der Waals surface area contributed by atoms with Gasteiger partial charge in [-0.3, -0.25) is 4.79 Å². The Morgan fingerprint density at radius 2 is 2.07 bits per heavy atom. The maximum absolute atomic E-state index is 11.3. The molecule has 15 heavy (non-hydrogen) atoms. The molecule has 0 aromatic carbocycles. The Morgan fingerprint density at radius 3 is 2.67 bits per heavy atom. The molecule has 0 aliphatic carbocycles. The predicted octanol–water partition coefficient (Wildman–Crippen LogP) is 0.775. The van der Waals surface area contributed by atoms with E-state index < -0.39 is 0 Å².